The van der Waals surface area contributed by atoms with Crippen molar-refractivity contribution in [2.24, 2.45) is 0 Å². The first-order chi connectivity index (χ1) is 7.50. The molecule has 0 saturated carbocycles. The predicted octanol–water partition coefficient (Wildman–Crippen LogP) is 4.45. The topological polar surface area (TPSA) is 20.2 Å². The summed E-state index contributed by atoms with van der Waals surface area (Å²) in [4.78, 5) is 0. The first kappa shape index (κ1) is 14.2. The highest BCUT2D eigenvalue weighted by Gasteiger charge is 2.30. The molecule has 0 aliphatic carbocycles. The maximum absolute atomic E-state index is 12.3. The molecule has 0 amide bonds. The highest BCUT2D eigenvalue weighted by Crippen LogP contribution is 2.36. The zero-order valence-electron chi connectivity index (χ0n) is 9.82. The lowest BCUT2D eigenvalue weighted by Crippen LogP contribution is -2.15. The molecule has 0 bridgehead atoms. The number of rotatable bonds is 1. The lowest BCUT2D eigenvalue weighted by molar-refractivity contribution is -0.127. The largest absolute Gasteiger partial charge is 0.508 e. The zero-order chi connectivity index (χ0) is 13.4. The third kappa shape index (κ3) is 3.80. The fraction of sp³-hybridized carbons (Fsp3) is 0.500. The van der Waals surface area contributed by atoms with Crippen LogP contribution in [-0.4, -0.2) is 11.3 Å². The lowest BCUT2D eigenvalue weighted by atomic mass is 9.85. The average molecular weight is 267 g/mol. The van der Waals surface area contributed by atoms with E-state index >= 15 is 0 Å². The molecule has 96 valence electrons. The molecule has 0 atom stereocenters. The molecule has 0 fully saturated rings. The van der Waals surface area contributed by atoms with Gasteiger partial charge in [-0.3, -0.25) is 0 Å². The van der Waals surface area contributed by atoms with E-state index in [9.17, 15) is 18.3 Å². The van der Waals surface area contributed by atoms with Crippen LogP contribution in [0.2, 0.25) is 5.02 Å². The van der Waals surface area contributed by atoms with Crippen LogP contribution in [0, 0.1) is 0 Å². The van der Waals surface area contributed by atoms with E-state index in [-0.39, 0.29) is 16.3 Å². The van der Waals surface area contributed by atoms with Gasteiger partial charge >= 0.3 is 6.18 Å². The van der Waals surface area contributed by atoms with Crippen LogP contribution < -0.4 is 0 Å². The van der Waals surface area contributed by atoms with Gasteiger partial charge < -0.3 is 5.11 Å². The summed E-state index contributed by atoms with van der Waals surface area (Å²) in [5, 5.41) is 9.62. The maximum atomic E-state index is 12.3. The van der Waals surface area contributed by atoms with Gasteiger partial charge in [0.05, 0.1) is 6.42 Å². The number of phenolic OH excluding ortho intramolecular Hbond substituents is 1. The molecule has 0 spiro atoms. The standard InChI is InChI=1S/C12H14ClF3O/c1-11(2,3)8-4-7(6-12(14,15)16)9(13)5-10(8)17/h4-5,17H,6H2,1-3H3. The number of aromatic hydroxyl groups is 1. The molecule has 0 heterocycles. The number of benzene rings is 1. The zero-order valence-corrected chi connectivity index (χ0v) is 10.6. The molecule has 1 rings (SSSR count). The second-order valence-electron chi connectivity index (χ2n) is 5.00. The highest BCUT2D eigenvalue weighted by molar-refractivity contribution is 6.31. The van der Waals surface area contributed by atoms with E-state index in [2.05, 4.69) is 0 Å². The van der Waals surface area contributed by atoms with Gasteiger partial charge in [0.15, 0.2) is 0 Å². The van der Waals surface area contributed by atoms with E-state index in [1.54, 1.807) is 0 Å². The minimum atomic E-state index is -4.31. The SMILES string of the molecule is CC(C)(C)c1cc(CC(F)(F)F)c(Cl)cc1O. The number of halogens is 4. The molecule has 0 unspecified atom stereocenters. The van der Waals surface area contributed by atoms with Crippen LogP contribution in [-0.2, 0) is 11.8 Å². The molecule has 0 aromatic heterocycles. The molecule has 0 aliphatic rings. The van der Waals surface area contributed by atoms with E-state index < -0.39 is 18.0 Å². The van der Waals surface area contributed by atoms with E-state index in [4.69, 9.17) is 11.6 Å². The number of alkyl halides is 3. The Hall–Kier alpha value is -0.900. The van der Waals surface area contributed by atoms with Crippen LogP contribution in [0.25, 0.3) is 0 Å². The van der Waals surface area contributed by atoms with E-state index in [1.165, 1.54) is 12.1 Å². The van der Waals surface area contributed by atoms with Crippen molar-refractivity contribution in [2.75, 3.05) is 0 Å². The molecule has 5 heteroatoms. The molecule has 0 saturated heterocycles. The molecular weight excluding hydrogens is 253 g/mol. The first-order valence-corrected chi connectivity index (χ1v) is 5.47. The van der Waals surface area contributed by atoms with Crippen LogP contribution in [0.3, 0.4) is 0 Å². The molecule has 1 aromatic carbocycles. The lowest BCUT2D eigenvalue weighted by Gasteiger charge is -2.22. The number of phenols is 1. The Bertz CT molecular complexity index is 419. The van der Waals surface area contributed by atoms with Gasteiger partial charge in [0.2, 0.25) is 0 Å². The normalized spacial score (nSPS) is 12.9. The van der Waals surface area contributed by atoms with Crippen molar-refractivity contribution in [3.05, 3.63) is 28.3 Å². The van der Waals surface area contributed by atoms with Gasteiger partial charge in [-0.2, -0.15) is 13.2 Å². The smallest absolute Gasteiger partial charge is 0.393 e. The molecule has 0 aliphatic heterocycles. The van der Waals surface area contributed by atoms with Crippen molar-refractivity contribution in [1.82, 2.24) is 0 Å². The van der Waals surface area contributed by atoms with E-state index in [0.29, 0.717) is 5.56 Å². The summed E-state index contributed by atoms with van der Waals surface area (Å²) in [7, 11) is 0. The van der Waals surface area contributed by atoms with Crippen LogP contribution >= 0.6 is 11.6 Å². The molecule has 1 N–H and O–H groups in total. The average Bonchev–Trinajstić information content (AvgIpc) is 2.05. The van der Waals surface area contributed by atoms with Crippen molar-refractivity contribution in [3.63, 3.8) is 0 Å². The van der Waals surface area contributed by atoms with Gasteiger partial charge in [0.25, 0.3) is 0 Å². The first-order valence-electron chi connectivity index (χ1n) is 5.09. The summed E-state index contributed by atoms with van der Waals surface area (Å²) in [6.45, 7) is 5.44. The van der Waals surface area contributed by atoms with Crippen LogP contribution in [0.15, 0.2) is 12.1 Å². The van der Waals surface area contributed by atoms with E-state index in [0.717, 1.165) is 0 Å². The van der Waals surface area contributed by atoms with Crippen molar-refractivity contribution in [1.29, 1.82) is 0 Å². The van der Waals surface area contributed by atoms with Gasteiger partial charge in [0.1, 0.15) is 5.75 Å². The van der Waals surface area contributed by atoms with Crippen molar-refractivity contribution < 1.29 is 18.3 Å². The van der Waals surface area contributed by atoms with Gasteiger partial charge in [0, 0.05) is 5.02 Å². The Morgan fingerprint density at radius 3 is 2.12 bits per heavy atom. The third-order valence-electron chi connectivity index (χ3n) is 2.36. The fourth-order valence-corrected chi connectivity index (χ4v) is 1.78. The summed E-state index contributed by atoms with van der Waals surface area (Å²) in [6.07, 6.45) is -5.40. The van der Waals surface area contributed by atoms with Crippen LogP contribution in [0.5, 0.6) is 5.75 Å². The Morgan fingerprint density at radius 1 is 1.18 bits per heavy atom. The third-order valence-corrected chi connectivity index (χ3v) is 2.72. The summed E-state index contributed by atoms with van der Waals surface area (Å²) in [6, 6.07) is 2.49. The maximum Gasteiger partial charge on any atom is 0.393 e. The molecule has 1 nitrogen and oxygen atoms in total. The van der Waals surface area contributed by atoms with Crippen molar-refractivity contribution >= 4 is 11.6 Å². The Balaban J connectivity index is 3.25. The van der Waals surface area contributed by atoms with Gasteiger partial charge in [-0.05, 0) is 28.7 Å². The monoisotopic (exact) mass is 266 g/mol. The molecule has 1 aromatic rings. The van der Waals surface area contributed by atoms with Crippen molar-refractivity contribution in [2.45, 2.75) is 38.8 Å². The second-order valence-corrected chi connectivity index (χ2v) is 5.41. The van der Waals surface area contributed by atoms with Gasteiger partial charge in [-0.15, -0.1) is 0 Å². The second kappa shape index (κ2) is 4.41. The number of hydrogen-bond acceptors (Lipinski definition) is 1. The summed E-state index contributed by atoms with van der Waals surface area (Å²) in [5.41, 5.74) is 0.0118. The summed E-state index contributed by atoms with van der Waals surface area (Å²) in [5.74, 6) is -0.0755. The summed E-state index contributed by atoms with van der Waals surface area (Å²) >= 11 is 5.70. The summed E-state index contributed by atoms with van der Waals surface area (Å²) < 4.78 is 37.0. The minimum absolute atomic E-state index is 0.0121. The molecule has 17 heavy (non-hydrogen) atoms. The van der Waals surface area contributed by atoms with Crippen LogP contribution in [0.1, 0.15) is 31.9 Å². The van der Waals surface area contributed by atoms with E-state index in [1.807, 2.05) is 20.8 Å². The van der Waals surface area contributed by atoms with Crippen molar-refractivity contribution in [3.8, 4) is 5.75 Å². The fourth-order valence-electron chi connectivity index (χ4n) is 1.56. The predicted molar refractivity (Wildman–Crippen MR) is 61.6 cm³/mol. The number of hydrogen-bond donors (Lipinski definition) is 1. The molecule has 0 radical (unpaired) electrons. The van der Waals surface area contributed by atoms with Gasteiger partial charge in [-0.25, -0.2) is 0 Å². The Labute approximate surface area is 103 Å². The highest BCUT2D eigenvalue weighted by atomic mass is 35.5. The van der Waals surface area contributed by atoms with Gasteiger partial charge in [-0.1, -0.05) is 32.4 Å². The Kier molecular flexibility index (Phi) is 3.67. The Morgan fingerprint density at radius 2 is 1.71 bits per heavy atom. The quantitative estimate of drug-likeness (QED) is 0.796. The molecular formula is C12H14ClF3O. The van der Waals surface area contributed by atoms with Crippen LogP contribution in [0.4, 0.5) is 13.2 Å². The minimum Gasteiger partial charge on any atom is -0.508 e.